The van der Waals surface area contributed by atoms with Crippen LogP contribution in [0, 0.1) is 18.3 Å². The summed E-state index contributed by atoms with van der Waals surface area (Å²) in [6.45, 7) is 1.86. The van der Waals surface area contributed by atoms with Crippen molar-refractivity contribution in [3.05, 3.63) is 58.9 Å². The van der Waals surface area contributed by atoms with Gasteiger partial charge in [0.2, 0.25) is 0 Å². The van der Waals surface area contributed by atoms with Crippen molar-refractivity contribution < 1.29 is 9.53 Å². The Hall–Kier alpha value is -2.87. The Morgan fingerprint density at radius 2 is 2.25 bits per heavy atom. The maximum Gasteiger partial charge on any atom is 0.338 e. The third-order valence-corrected chi connectivity index (χ3v) is 2.90. The van der Waals surface area contributed by atoms with Gasteiger partial charge in [0, 0.05) is 11.9 Å². The van der Waals surface area contributed by atoms with Crippen LogP contribution in [0.4, 0.5) is 5.69 Å². The maximum absolute atomic E-state index is 12.0. The minimum absolute atomic E-state index is 0.0876. The van der Waals surface area contributed by atoms with Gasteiger partial charge in [-0.05, 0) is 42.3 Å². The number of hydrogen-bond donors (Lipinski definition) is 1. The van der Waals surface area contributed by atoms with Crippen LogP contribution in [0.25, 0.3) is 0 Å². The molecule has 0 aliphatic carbocycles. The van der Waals surface area contributed by atoms with Gasteiger partial charge in [0.05, 0.1) is 5.56 Å². The fraction of sp³-hybridized carbons (Fsp3) is 0.133. The summed E-state index contributed by atoms with van der Waals surface area (Å²) in [5, 5.41) is 8.75. The van der Waals surface area contributed by atoms with Crippen molar-refractivity contribution >= 4 is 11.7 Å². The molecule has 0 amide bonds. The minimum Gasteiger partial charge on any atom is -0.457 e. The molecule has 20 heavy (non-hydrogen) atoms. The molecule has 0 bridgehead atoms. The Bertz CT molecular complexity index is 690. The number of ether oxygens (including phenoxy) is 1. The highest BCUT2D eigenvalue weighted by molar-refractivity contribution is 5.92. The van der Waals surface area contributed by atoms with E-state index in [2.05, 4.69) is 4.98 Å². The molecule has 0 fully saturated rings. The van der Waals surface area contributed by atoms with Crippen molar-refractivity contribution in [2.45, 2.75) is 13.5 Å². The highest BCUT2D eigenvalue weighted by Crippen LogP contribution is 2.17. The second kappa shape index (κ2) is 5.85. The van der Waals surface area contributed by atoms with Crippen LogP contribution in [0.15, 0.2) is 36.5 Å². The zero-order chi connectivity index (χ0) is 14.5. The van der Waals surface area contributed by atoms with Crippen molar-refractivity contribution in [2.24, 2.45) is 0 Å². The van der Waals surface area contributed by atoms with E-state index >= 15 is 0 Å². The van der Waals surface area contributed by atoms with Crippen LogP contribution in [0.5, 0.6) is 0 Å². The summed E-state index contributed by atoms with van der Waals surface area (Å²) >= 11 is 0. The Balaban J connectivity index is 2.09. The molecule has 0 atom stereocenters. The summed E-state index contributed by atoms with van der Waals surface area (Å²) in [6.07, 6.45) is 1.51. The summed E-state index contributed by atoms with van der Waals surface area (Å²) in [6, 6.07) is 10.3. The first-order chi connectivity index (χ1) is 9.61. The van der Waals surface area contributed by atoms with Crippen LogP contribution in [0.3, 0.4) is 0 Å². The van der Waals surface area contributed by atoms with Crippen molar-refractivity contribution in [3.8, 4) is 6.07 Å². The Morgan fingerprint density at radius 3 is 3.00 bits per heavy atom. The summed E-state index contributed by atoms with van der Waals surface area (Å²) in [5.41, 5.74) is 8.45. The van der Waals surface area contributed by atoms with E-state index in [1.54, 1.807) is 37.3 Å². The zero-order valence-electron chi connectivity index (χ0n) is 11.0. The molecule has 2 N–H and O–H groups in total. The lowest BCUT2D eigenvalue weighted by Crippen LogP contribution is -2.08. The molecule has 1 heterocycles. The fourth-order valence-corrected chi connectivity index (χ4v) is 1.73. The Morgan fingerprint density at radius 1 is 1.45 bits per heavy atom. The molecule has 2 aromatic rings. The fourth-order valence-electron chi connectivity index (χ4n) is 1.73. The van der Waals surface area contributed by atoms with Gasteiger partial charge >= 0.3 is 5.97 Å². The van der Waals surface area contributed by atoms with Crippen LogP contribution in [-0.2, 0) is 11.3 Å². The second-order valence-electron chi connectivity index (χ2n) is 4.26. The normalized spacial score (nSPS) is 9.80. The SMILES string of the molecule is Cc1c(N)cccc1C(=O)OCc1ccnc(C#N)c1. The number of benzene rings is 1. The molecular formula is C15H13N3O2. The molecule has 100 valence electrons. The van der Waals surface area contributed by atoms with Gasteiger partial charge < -0.3 is 10.5 Å². The summed E-state index contributed by atoms with van der Waals surface area (Å²) < 4.78 is 5.22. The number of esters is 1. The zero-order valence-corrected chi connectivity index (χ0v) is 11.0. The van der Waals surface area contributed by atoms with Crippen LogP contribution in [0.2, 0.25) is 0 Å². The lowest BCUT2D eigenvalue weighted by Gasteiger charge is -2.08. The van der Waals surface area contributed by atoms with Crippen molar-refractivity contribution in [1.29, 1.82) is 5.26 Å². The summed E-state index contributed by atoms with van der Waals surface area (Å²) in [4.78, 5) is 15.8. The summed E-state index contributed by atoms with van der Waals surface area (Å²) in [5.74, 6) is -0.440. The number of hydrogen-bond acceptors (Lipinski definition) is 5. The first-order valence-electron chi connectivity index (χ1n) is 5.99. The molecule has 5 nitrogen and oxygen atoms in total. The lowest BCUT2D eigenvalue weighted by molar-refractivity contribution is 0.0472. The van der Waals surface area contributed by atoms with Crippen LogP contribution < -0.4 is 5.73 Å². The highest BCUT2D eigenvalue weighted by Gasteiger charge is 2.12. The van der Waals surface area contributed by atoms with E-state index in [1.807, 2.05) is 6.07 Å². The third kappa shape index (κ3) is 2.93. The molecular weight excluding hydrogens is 254 g/mol. The van der Waals surface area contributed by atoms with E-state index in [9.17, 15) is 4.79 Å². The number of nitriles is 1. The highest BCUT2D eigenvalue weighted by atomic mass is 16.5. The number of nitrogens with two attached hydrogens (primary N) is 1. The van der Waals surface area contributed by atoms with E-state index in [0.717, 1.165) is 0 Å². The maximum atomic E-state index is 12.0. The monoisotopic (exact) mass is 267 g/mol. The molecule has 0 aliphatic rings. The van der Waals surface area contributed by atoms with Gasteiger partial charge in [0.1, 0.15) is 18.4 Å². The van der Waals surface area contributed by atoms with Crippen molar-refractivity contribution in [1.82, 2.24) is 4.98 Å². The van der Waals surface area contributed by atoms with Gasteiger partial charge in [-0.25, -0.2) is 9.78 Å². The third-order valence-electron chi connectivity index (χ3n) is 2.90. The van der Waals surface area contributed by atoms with Gasteiger partial charge in [0.25, 0.3) is 0 Å². The molecule has 0 aliphatic heterocycles. The van der Waals surface area contributed by atoms with E-state index in [1.165, 1.54) is 6.20 Å². The van der Waals surface area contributed by atoms with Crippen LogP contribution in [-0.4, -0.2) is 11.0 Å². The van der Waals surface area contributed by atoms with Gasteiger partial charge in [-0.15, -0.1) is 0 Å². The lowest BCUT2D eigenvalue weighted by atomic mass is 10.1. The number of carbonyl (C=O) groups excluding carboxylic acids is 1. The first-order valence-corrected chi connectivity index (χ1v) is 5.99. The number of aromatic nitrogens is 1. The molecule has 2 rings (SSSR count). The van der Waals surface area contributed by atoms with Crippen molar-refractivity contribution in [3.63, 3.8) is 0 Å². The van der Waals surface area contributed by atoms with Gasteiger partial charge in [-0.1, -0.05) is 6.07 Å². The number of pyridine rings is 1. The number of anilines is 1. The second-order valence-corrected chi connectivity index (χ2v) is 4.26. The van der Waals surface area contributed by atoms with Crippen LogP contribution >= 0.6 is 0 Å². The molecule has 1 aromatic heterocycles. The molecule has 0 spiro atoms. The standard InChI is InChI=1S/C15H13N3O2/c1-10-13(3-2-4-14(10)17)15(19)20-9-11-5-6-18-12(7-11)8-16/h2-7H,9,17H2,1H3. The average Bonchev–Trinajstić information content (AvgIpc) is 2.48. The van der Waals surface area contributed by atoms with Gasteiger partial charge in [0.15, 0.2) is 0 Å². The predicted molar refractivity (Wildman–Crippen MR) is 73.7 cm³/mol. The van der Waals surface area contributed by atoms with E-state index in [-0.39, 0.29) is 6.61 Å². The number of carbonyl (C=O) groups is 1. The Kier molecular flexibility index (Phi) is 3.96. The Labute approximate surface area is 116 Å². The molecule has 0 unspecified atom stereocenters. The predicted octanol–water partition coefficient (Wildman–Crippen LogP) is 2.20. The van der Waals surface area contributed by atoms with E-state index < -0.39 is 5.97 Å². The number of nitrogen functional groups attached to an aromatic ring is 1. The molecule has 1 aromatic carbocycles. The minimum atomic E-state index is -0.440. The quantitative estimate of drug-likeness (QED) is 0.680. The molecule has 0 radical (unpaired) electrons. The molecule has 0 saturated carbocycles. The van der Waals surface area contributed by atoms with Gasteiger partial charge in [-0.2, -0.15) is 5.26 Å². The van der Waals surface area contributed by atoms with Gasteiger partial charge in [-0.3, -0.25) is 0 Å². The molecule has 0 saturated heterocycles. The smallest absolute Gasteiger partial charge is 0.338 e. The first kappa shape index (κ1) is 13.6. The number of rotatable bonds is 3. The average molecular weight is 267 g/mol. The van der Waals surface area contributed by atoms with Crippen LogP contribution in [0.1, 0.15) is 27.2 Å². The summed E-state index contributed by atoms with van der Waals surface area (Å²) in [7, 11) is 0. The largest absolute Gasteiger partial charge is 0.457 e. The number of nitrogens with zero attached hydrogens (tertiary/aromatic N) is 2. The topological polar surface area (TPSA) is 89.0 Å². The van der Waals surface area contributed by atoms with E-state index in [4.69, 9.17) is 15.7 Å². The van der Waals surface area contributed by atoms with E-state index in [0.29, 0.717) is 28.1 Å². The van der Waals surface area contributed by atoms with Crippen molar-refractivity contribution in [2.75, 3.05) is 5.73 Å². The molecule has 5 heteroatoms.